The summed E-state index contributed by atoms with van der Waals surface area (Å²) in [4.78, 5) is 28.0. The lowest BCUT2D eigenvalue weighted by atomic mass is 10.1. The van der Waals surface area contributed by atoms with Crippen molar-refractivity contribution < 1.29 is 26.8 Å². The molecule has 0 spiro atoms. The van der Waals surface area contributed by atoms with Gasteiger partial charge in [0, 0.05) is 13.1 Å². The van der Waals surface area contributed by atoms with E-state index < -0.39 is 46.1 Å². The lowest BCUT2D eigenvalue weighted by Crippen LogP contribution is -2.52. The van der Waals surface area contributed by atoms with Gasteiger partial charge >= 0.3 is 0 Å². The molecule has 10 heteroatoms. The second-order valence-electron chi connectivity index (χ2n) is 9.14. The number of rotatable bonds is 12. The molecule has 0 saturated carbocycles. The summed E-state index contributed by atoms with van der Waals surface area (Å²) >= 11 is 0. The van der Waals surface area contributed by atoms with Crippen molar-refractivity contribution in [2.24, 2.45) is 0 Å². The number of hydrogen-bond donors (Lipinski definition) is 1. The molecule has 1 atom stereocenters. The Bertz CT molecular complexity index is 1380. The largest absolute Gasteiger partial charge is 0.354 e. The number of hydrogen-bond acceptors (Lipinski definition) is 4. The van der Waals surface area contributed by atoms with Crippen molar-refractivity contribution in [1.82, 2.24) is 10.2 Å². The summed E-state index contributed by atoms with van der Waals surface area (Å²) in [6.07, 6.45) is 0.927. The molecule has 3 aromatic rings. The van der Waals surface area contributed by atoms with Crippen LogP contribution in [-0.4, -0.2) is 44.3 Å². The molecule has 0 radical (unpaired) electrons. The zero-order chi connectivity index (χ0) is 28.6. The number of benzene rings is 3. The normalized spacial score (nSPS) is 12.0. The number of anilines is 1. The van der Waals surface area contributed by atoms with Crippen LogP contribution >= 0.6 is 0 Å². The fraction of sp³-hybridized carbons (Fsp3) is 0.310. The Morgan fingerprint density at radius 2 is 1.56 bits per heavy atom. The smallest absolute Gasteiger partial charge is 0.264 e. The molecule has 1 N–H and O–H groups in total. The van der Waals surface area contributed by atoms with Crippen LogP contribution in [-0.2, 0) is 26.2 Å². The third-order valence-electron chi connectivity index (χ3n) is 6.21. The maximum Gasteiger partial charge on any atom is 0.264 e. The minimum atomic E-state index is -4.37. The molecule has 2 amide bonds. The molecule has 0 saturated heterocycles. The first-order chi connectivity index (χ1) is 18.6. The number of nitrogens with one attached hydrogen (secondary N) is 1. The minimum absolute atomic E-state index is 0.0765. The van der Waals surface area contributed by atoms with Crippen LogP contribution in [0.5, 0.6) is 0 Å². The van der Waals surface area contributed by atoms with E-state index in [-0.39, 0.29) is 23.5 Å². The highest BCUT2D eigenvalue weighted by molar-refractivity contribution is 7.92. The second-order valence-corrected chi connectivity index (χ2v) is 11.0. The summed E-state index contributed by atoms with van der Waals surface area (Å²) < 4.78 is 56.7. The van der Waals surface area contributed by atoms with Gasteiger partial charge in [-0.25, -0.2) is 17.2 Å². The summed E-state index contributed by atoms with van der Waals surface area (Å²) in [6, 6.07) is 15.8. The number of amides is 2. The number of aryl methyl sites for hydroxylation is 1. The van der Waals surface area contributed by atoms with E-state index >= 15 is 0 Å². The molecule has 3 aromatic carbocycles. The summed E-state index contributed by atoms with van der Waals surface area (Å²) in [6.45, 7) is 5.00. The molecule has 0 heterocycles. The molecule has 0 fully saturated rings. The lowest BCUT2D eigenvalue weighted by Gasteiger charge is -2.33. The van der Waals surface area contributed by atoms with E-state index in [1.165, 1.54) is 59.5 Å². The summed E-state index contributed by atoms with van der Waals surface area (Å²) in [5.74, 6) is -2.39. The molecule has 0 aliphatic carbocycles. The Kier molecular flexibility index (Phi) is 10.2. The van der Waals surface area contributed by atoms with Gasteiger partial charge in [0.05, 0.1) is 10.6 Å². The molecule has 39 heavy (non-hydrogen) atoms. The van der Waals surface area contributed by atoms with E-state index in [1.54, 1.807) is 26.0 Å². The van der Waals surface area contributed by atoms with E-state index in [1.807, 2.05) is 6.92 Å². The zero-order valence-electron chi connectivity index (χ0n) is 22.2. The molecule has 0 unspecified atom stereocenters. The number of carbonyl (C=O) groups is 2. The van der Waals surface area contributed by atoms with Crippen LogP contribution in [0.25, 0.3) is 0 Å². The molecule has 208 valence electrons. The molecule has 7 nitrogen and oxygen atoms in total. The molecule has 0 aliphatic rings. The highest BCUT2D eigenvalue weighted by Crippen LogP contribution is 2.27. The molecule has 0 aromatic heterocycles. The molecule has 3 rings (SSSR count). The maximum absolute atomic E-state index is 14.9. The Morgan fingerprint density at radius 1 is 0.923 bits per heavy atom. The van der Waals surface area contributed by atoms with Crippen LogP contribution < -0.4 is 9.62 Å². The van der Waals surface area contributed by atoms with Crippen LogP contribution in [0.2, 0.25) is 0 Å². The fourth-order valence-electron chi connectivity index (χ4n) is 4.08. The highest BCUT2D eigenvalue weighted by atomic mass is 32.2. The van der Waals surface area contributed by atoms with E-state index in [9.17, 15) is 26.8 Å². The van der Waals surface area contributed by atoms with Gasteiger partial charge < -0.3 is 10.2 Å². The van der Waals surface area contributed by atoms with E-state index in [0.717, 1.165) is 15.9 Å². The van der Waals surface area contributed by atoms with Crippen molar-refractivity contribution in [1.29, 1.82) is 0 Å². The first-order valence-electron chi connectivity index (χ1n) is 12.7. The van der Waals surface area contributed by atoms with Gasteiger partial charge in [-0.3, -0.25) is 13.9 Å². The SMILES string of the molecule is CCCNC(=O)[C@H](CC)N(Cc1ccc(F)cc1)C(=O)CN(c1ccccc1F)S(=O)(=O)c1ccc(C)cc1. The molecular weight excluding hydrogens is 524 g/mol. The van der Waals surface area contributed by atoms with E-state index in [2.05, 4.69) is 5.32 Å². The van der Waals surface area contributed by atoms with E-state index in [4.69, 9.17) is 0 Å². The average molecular weight is 558 g/mol. The first-order valence-corrected chi connectivity index (χ1v) is 14.2. The quantitative estimate of drug-likeness (QED) is 0.347. The Balaban J connectivity index is 2.05. The predicted octanol–water partition coefficient (Wildman–Crippen LogP) is 4.80. The topological polar surface area (TPSA) is 86.8 Å². The maximum atomic E-state index is 14.9. The van der Waals surface area contributed by atoms with Crippen LogP contribution in [0.15, 0.2) is 77.7 Å². The van der Waals surface area contributed by atoms with Gasteiger partial charge in [-0.15, -0.1) is 0 Å². The lowest BCUT2D eigenvalue weighted by molar-refractivity contribution is -0.140. The monoisotopic (exact) mass is 557 g/mol. The zero-order valence-corrected chi connectivity index (χ0v) is 23.0. The summed E-state index contributed by atoms with van der Waals surface area (Å²) in [5.41, 5.74) is 1.08. The fourth-order valence-corrected chi connectivity index (χ4v) is 5.50. The standard InChI is InChI=1S/C29H33F2N3O4S/c1-4-18-32-29(36)26(5-2)33(19-22-12-14-23(30)15-13-22)28(35)20-34(27-9-7-6-8-25(27)31)39(37,38)24-16-10-21(3)11-17-24/h6-17,26H,4-5,18-20H2,1-3H3,(H,32,36)/t26-/m0/s1. The van der Waals surface area contributed by atoms with Crippen LogP contribution in [0.1, 0.15) is 37.8 Å². The number of nitrogens with zero attached hydrogens (tertiary/aromatic N) is 2. The van der Waals surface area contributed by atoms with Crippen LogP contribution in [0.3, 0.4) is 0 Å². The summed E-state index contributed by atoms with van der Waals surface area (Å²) in [7, 11) is -4.37. The number of sulfonamides is 1. The summed E-state index contributed by atoms with van der Waals surface area (Å²) in [5, 5.41) is 2.78. The van der Waals surface area contributed by atoms with Gasteiger partial charge in [-0.05, 0) is 61.7 Å². The number of carbonyl (C=O) groups excluding carboxylic acids is 2. The van der Waals surface area contributed by atoms with Gasteiger partial charge in [0.2, 0.25) is 11.8 Å². The van der Waals surface area contributed by atoms with Crippen molar-refractivity contribution in [3.8, 4) is 0 Å². The van der Waals surface area contributed by atoms with Gasteiger partial charge in [-0.1, -0.05) is 55.8 Å². The van der Waals surface area contributed by atoms with E-state index in [0.29, 0.717) is 18.5 Å². The van der Waals surface area contributed by atoms with Crippen molar-refractivity contribution in [3.05, 3.63) is 95.6 Å². The average Bonchev–Trinajstić information content (AvgIpc) is 2.92. The van der Waals surface area contributed by atoms with Gasteiger partial charge in [0.1, 0.15) is 24.2 Å². The Morgan fingerprint density at radius 3 is 2.15 bits per heavy atom. The van der Waals surface area contributed by atoms with Crippen molar-refractivity contribution >= 4 is 27.5 Å². The van der Waals surface area contributed by atoms with Crippen molar-refractivity contribution in [3.63, 3.8) is 0 Å². The first kappa shape index (κ1) is 29.8. The van der Waals surface area contributed by atoms with Gasteiger partial charge in [-0.2, -0.15) is 0 Å². The van der Waals surface area contributed by atoms with Crippen molar-refractivity contribution in [2.45, 2.75) is 51.1 Å². The third kappa shape index (κ3) is 7.41. The second kappa shape index (κ2) is 13.3. The molecular formula is C29H33F2N3O4S. The molecule has 0 bridgehead atoms. The van der Waals surface area contributed by atoms with Crippen LogP contribution in [0, 0.1) is 18.6 Å². The van der Waals surface area contributed by atoms with Gasteiger partial charge in [0.15, 0.2) is 0 Å². The predicted molar refractivity (Wildman–Crippen MR) is 146 cm³/mol. The highest BCUT2D eigenvalue weighted by Gasteiger charge is 2.34. The van der Waals surface area contributed by atoms with Gasteiger partial charge in [0.25, 0.3) is 10.0 Å². The number of para-hydroxylation sites is 1. The Labute approximate surface area is 228 Å². The van der Waals surface area contributed by atoms with Crippen LogP contribution in [0.4, 0.5) is 14.5 Å². The number of halogens is 2. The van der Waals surface area contributed by atoms with Crippen molar-refractivity contribution in [2.75, 3.05) is 17.4 Å². The molecule has 0 aliphatic heterocycles. The Hall–Kier alpha value is -3.79. The minimum Gasteiger partial charge on any atom is -0.354 e. The third-order valence-corrected chi connectivity index (χ3v) is 7.98.